The Hall–Kier alpha value is -2.64. The van der Waals surface area contributed by atoms with Gasteiger partial charge < -0.3 is 25.2 Å². The van der Waals surface area contributed by atoms with Crippen LogP contribution in [0.2, 0.25) is 0 Å². The number of nitrogens with zero attached hydrogens (tertiary/aromatic N) is 1. The third-order valence-electron chi connectivity index (χ3n) is 5.84. The largest absolute Gasteiger partial charge is 0.481 e. The van der Waals surface area contributed by atoms with Crippen molar-refractivity contribution in [3.05, 3.63) is 46.8 Å². The van der Waals surface area contributed by atoms with E-state index < -0.39 is 24.6 Å². The smallest absolute Gasteiger partial charge is 0.305 e. The summed E-state index contributed by atoms with van der Waals surface area (Å²) in [5.74, 6) is -0.871. The summed E-state index contributed by atoms with van der Waals surface area (Å²) >= 11 is 0. The van der Waals surface area contributed by atoms with Gasteiger partial charge in [0.1, 0.15) is 0 Å². The van der Waals surface area contributed by atoms with Gasteiger partial charge in [0.25, 0.3) is 5.91 Å². The van der Waals surface area contributed by atoms with E-state index >= 15 is 0 Å². The van der Waals surface area contributed by atoms with Crippen molar-refractivity contribution < 1.29 is 24.9 Å². The van der Waals surface area contributed by atoms with Crippen molar-refractivity contribution in [2.24, 2.45) is 5.92 Å². The van der Waals surface area contributed by atoms with Crippen LogP contribution < -0.4 is 5.32 Å². The second kappa shape index (κ2) is 12.0. The summed E-state index contributed by atoms with van der Waals surface area (Å²) in [5.41, 5.74) is 5.54. The third-order valence-corrected chi connectivity index (χ3v) is 5.84. The summed E-state index contributed by atoms with van der Waals surface area (Å²) in [7, 11) is 0. The maximum absolute atomic E-state index is 13.2. The molecule has 1 heterocycles. The Morgan fingerprint density at radius 2 is 1.70 bits per heavy atom. The molecule has 2 aromatic rings. The monoisotopic (exact) mass is 458 g/mol. The number of aliphatic hydroxyl groups excluding tert-OH is 2. The van der Waals surface area contributed by atoms with E-state index in [0.717, 1.165) is 28.1 Å². The summed E-state index contributed by atoms with van der Waals surface area (Å²) < 4.78 is 2.08. The number of hydrogen-bond donors (Lipinski definition) is 4. The molecule has 4 N–H and O–H groups in total. The minimum Gasteiger partial charge on any atom is -0.481 e. The lowest BCUT2D eigenvalue weighted by atomic mass is 9.97. The molecule has 0 fully saturated rings. The van der Waals surface area contributed by atoms with E-state index in [9.17, 15) is 19.8 Å². The fourth-order valence-corrected chi connectivity index (χ4v) is 4.16. The quantitative estimate of drug-likeness (QED) is 0.388. The number of carbonyl (C=O) groups is 2. The van der Waals surface area contributed by atoms with E-state index in [0.29, 0.717) is 37.4 Å². The van der Waals surface area contributed by atoms with Crippen LogP contribution in [0.1, 0.15) is 67.3 Å². The minimum absolute atomic E-state index is 0.000621. The maximum Gasteiger partial charge on any atom is 0.305 e. The van der Waals surface area contributed by atoms with Crippen LogP contribution in [0, 0.1) is 19.8 Å². The molecule has 0 aliphatic heterocycles. The van der Waals surface area contributed by atoms with Crippen molar-refractivity contribution in [1.29, 1.82) is 0 Å². The van der Waals surface area contributed by atoms with Gasteiger partial charge in [0.05, 0.1) is 24.2 Å². The first kappa shape index (κ1) is 26.6. The zero-order valence-electron chi connectivity index (χ0n) is 20.4. The van der Waals surface area contributed by atoms with Crippen molar-refractivity contribution in [2.45, 2.75) is 79.1 Å². The van der Waals surface area contributed by atoms with Crippen molar-refractivity contribution >= 4 is 11.9 Å². The average molecular weight is 459 g/mol. The number of carboxylic acids is 1. The molecule has 0 aliphatic rings. The topological polar surface area (TPSA) is 112 Å². The van der Waals surface area contributed by atoms with Gasteiger partial charge in [-0.3, -0.25) is 9.59 Å². The molecule has 0 bridgehead atoms. The second-order valence-electron chi connectivity index (χ2n) is 9.19. The highest BCUT2D eigenvalue weighted by atomic mass is 16.4. The van der Waals surface area contributed by atoms with Crippen LogP contribution >= 0.6 is 0 Å². The molecule has 33 heavy (non-hydrogen) atoms. The van der Waals surface area contributed by atoms with Gasteiger partial charge in [0, 0.05) is 30.0 Å². The van der Waals surface area contributed by atoms with Gasteiger partial charge in [-0.05, 0) is 44.6 Å². The first-order chi connectivity index (χ1) is 15.5. The third kappa shape index (κ3) is 7.17. The number of carbonyl (C=O) groups excluding carboxylic acids is 1. The molecular weight excluding hydrogens is 420 g/mol. The molecule has 0 aliphatic carbocycles. The number of nitrogens with one attached hydrogen (secondary N) is 1. The number of rotatable bonds is 12. The normalized spacial score (nSPS) is 13.2. The van der Waals surface area contributed by atoms with E-state index in [1.54, 1.807) is 0 Å². The summed E-state index contributed by atoms with van der Waals surface area (Å²) in [6.45, 7) is 11.1. The Kier molecular flexibility index (Phi) is 9.68. The second-order valence-corrected chi connectivity index (χ2v) is 9.19. The van der Waals surface area contributed by atoms with Crippen LogP contribution in [-0.4, -0.2) is 50.5 Å². The number of aromatic nitrogens is 1. The molecule has 0 saturated heterocycles. The van der Waals surface area contributed by atoms with Gasteiger partial charge >= 0.3 is 5.97 Å². The summed E-state index contributed by atoms with van der Waals surface area (Å²) in [6.07, 6.45) is -1.27. The molecule has 0 unspecified atom stereocenters. The molecule has 0 radical (unpaired) electrons. The molecule has 1 aromatic carbocycles. The molecule has 1 aromatic heterocycles. The minimum atomic E-state index is -1.09. The van der Waals surface area contributed by atoms with Crippen LogP contribution in [0.15, 0.2) is 24.3 Å². The van der Waals surface area contributed by atoms with Gasteiger partial charge in [-0.1, -0.05) is 50.6 Å². The highest BCUT2D eigenvalue weighted by Gasteiger charge is 2.26. The number of aliphatic hydroxyl groups is 2. The zero-order chi connectivity index (χ0) is 24.7. The van der Waals surface area contributed by atoms with E-state index in [2.05, 4.69) is 23.7 Å². The van der Waals surface area contributed by atoms with E-state index in [-0.39, 0.29) is 12.3 Å². The van der Waals surface area contributed by atoms with Crippen molar-refractivity contribution in [3.8, 4) is 11.1 Å². The van der Waals surface area contributed by atoms with Crippen LogP contribution in [0.5, 0.6) is 0 Å². The number of aliphatic carboxylic acids is 1. The average Bonchev–Trinajstić information content (AvgIpc) is 3.01. The first-order valence-electron chi connectivity index (χ1n) is 11.7. The molecule has 1 amide bonds. The van der Waals surface area contributed by atoms with E-state index in [1.165, 1.54) is 0 Å². The van der Waals surface area contributed by atoms with Crippen molar-refractivity contribution in [1.82, 2.24) is 9.88 Å². The Morgan fingerprint density at radius 3 is 2.24 bits per heavy atom. The predicted molar refractivity (Wildman–Crippen MR) is 129 cm³/mol. The molecule has 7 heteroatoms. The van der Waals surface area contributed by atoms with Gasteiger partial charge in [0.2, 0.25) is 0 Å². The predicted octanol–water partition coefficient (Wildman–Crippen LogP) is 3.70. The number of aryl methyl sites for hydroxylation is 1. The van der Waals surface area contributed by atoms with Crippen LogP contribution in [0.4, 0.5) is 0 Å². The summed E-state index contributed by atoms with van der Waals surface area (Å²) in [6, 6.07) is 8.13. The molecule has 0 saturated carbocycles. The molecule has 2 atom stereocenters. The fraction of sp³-hybridized carbons (Fsp3) is 0.538. The van der Waals surface area contributed by atoms with Gasteiger partial charge in [-0.15, -0.1) is 0 Å². The van der Waals surface area contributed by atoms with Gasteiger partial charge in [0.15, 0.2) is 0 Å². The number of hydrogen-bond acceptors (Lipinski definition) is 4. The van der Waals surface area contributed by atoms with Crippen LogP contribution in [0.3, 0.4) is 0 Å². The lowest BCUT2D eigenvalue weighted by Gasteiger charge is -2.17. The van der Waals surface area contributed by atoms with E-state index in [4.69, 9.17) is 5.11 Å². The van der Waals surface area contributed by atoms with Crippen molar-refractivity contribution in [2.75, 3.05) is 6.54 Å². The highest BCUT2D eigenvalue weighted by molar-refractivity contribution is 6.03. The Balaban J connectivity index is 2.40. The fourth-order valence-electron chi connectivity index (χ4n) is 4.16. The summed E-state index contributed by atoms with van der Waals surface area (Å²) in [4.78, 5) is 24.0. The number of carboxylic acid groups (broad SMARTS) is 1. The molecular formula is C26H38N2O5. The summed E-state index contributed by atoms with van der Waals surface area (Å²) in [5, 5.41) is 32.1. The van der Waals surface area contributed by atoms with Crippen LogP contribution in [-0.2, 0) is 17.8 Å². The highest BCUT2D eigenvalue weighted by Crippen LogP contribution is 2.34. The molecule has 2 rings (SSSR count). The Labute approximate surface area is 196 Å². The maximum atomic E-state index is 13.2. The van der Waals surface area contributed by atoms with Gasteiger partial charge in [-0.2, -0.15) is 0 Å². The first-order valence-corrected chi connectivity index (χ1v) is 11.7. The number of benzene rings is 1. The SMILES string of the molecule is CCc1c(-c2ccc(C)cc2)c(C(=O)NCC(C)C)c(C)n1CC[C@@H](O)C[C@@H](O)CC(=O)O. The molecule has 182 valence electrons. The zero-order valence-corrected chi connectivity index (χ0v) is 20.4. The molecule has 0 spiro atoms. The van der Waals surface area contributed by atoms with Crippen LogP contribution in [0.25, 0.3) is 11.1 Å². The number of amides is 1. The lowest BCUT2D eigenvalue weighted by molar-refractivity contribution is -0.139. The molecule has 7 nitrogen and oxygen atoms in total. The van der Waals surface area contributed by atoms with Crippen molar-refractivity contribution in [3.63, 3.8) is 0 Å². The standard InChI is InChI=1S/C26H38N2O5/c1-6-22-25(19-9-7-17(4)8-10-19)24(26(33)27-15-16(2)3)18(5)28(22)12-11-20(29)13-21(30)14-23(31)32/h7-10,16,20-21,29-30H,6,11-15H2,1-5H3,(H,27,33)(H,31,32)/t20-,21-/m1/s1. The van der Waals surface area contributed by atoms with Gasteiger partial charge in [-0.25, -0.2) is 0 Å². The Bertz CT molecular complexity index is 947. The Morgan fingerprint density at radius 1 is 1.06 bits per heavy atom. The van der Waals surface area contributed by atoms with E-state index in [1.807, 2.05) is 45.0 Å². The lowest BCUT2D eigenvalue weighted by Crippen LogP contribution is -2.28.